The van der Waals surface area contributed by atoms with Crippen LogP contribution >= 0.6 is 11.6 Å². The van der Waals surface area contributed by atoms with Crippen molar-refractivity contribution >= 4 is 23.2 Å². The molecule has 7 heteroatoms. The molecule has 0 aliphatic carbocycles. The Kier molecular flexibility index (Phi) is 5.32. The standard InChI is InChI=1S/C14H13ClN4O2/c15-12-5-4-11(3-1-2-8-20)9-13(12)17-14(21)10-19-7-6-16-18-19/h4-7,9,20H,2,8,10H2,(H,17,21). The van der Waals surface area contributed by atoms with Crippen molar-refractivity contribution < 1.29 is 9.90 Å². The third-order valence-corrected chi connectivity index (χ3v) is 2.82. The second-order valence-corrected chi connectivity index (χ2v) is 4.53. The first-order chi connectivity index (χ1) is 10.2. The van der Waals surface area contributed by atoms with Crippen LogP contribution in [-0.4, -0.2) is 32.6 Å². The highest BCUT2D eigenvalue weighted by Gasteiger charge is 2.07. The number of nitrogens with zero attached hydrogens (tertiary/aromatic N) is 3. The molecule has 1 heterocycles. The molecule has 0 fully saturated rings. The van der Waals surface area contributed by atoms with Crippen LogP contribution in [0.5, 0.6) is 0 Å². The first kappa shape index (κ1) is 15.0. The van der Waals surface area contributed by atoms with Gasteiger partial charge < -0.3 is 10.4 Å². The van der Waals surface area contributed by atoms with Gasteiger partial charge in [-0.3, -0.25) is 4.79 Å². The largest absolute Gasteiger partial charge is 0.395 e. The van der Waals surface area contributed by atoms with E-state index >= 15 is 0 Å². The van der Waals surface area contributed by atoms with E-state index in [1.165, 1.54) is 10.9 Å². The number of benzene rings is 1. The minimum absolute atomic E-state index is 0.0160. The molecule has 2 N–H and O–H groups in total. The van der Waals surface area contributed by atoms with E-state index in [0.29, 0.717) is 22.7 Å². The van der Waals surface area contributed by atoms with Crippen LogP contribution in [0.15, 0.2) is 30.6 Å². The summed E-state index contributed by atoms with van der Waals surface area (Å²) < 4.78 is 1.41. The van der Waals surface area contributed by atoms with Gasteiger partial charge in [0.1, 0.15) is 6.54 Å². The third-order valence-electron chi connectivity index (χ3n) is 2.49. The van der Waals surface area contributed by atoms with Crippen LogP contribution in [0.4, 0.5) is 5.69 Å². The lowest BCUT2D eigenvalue weighted by Crippen LogP contribution is -2.19. The van der Waals surface area contributed by atoms with E-state index in [1.807, 2.05) is 0 Å². The van der Waals surface area contributed by atoms with Crippen molar-refractivity contribution in [3.05, 3.63) is 41.2 Å². The molecule has 2 rings (SSSR count). The molecule has 0 unspecified atom stereocenters. The molecule has 1 aromatic heterocycles. The fraction of sp³-hybridized carbons (Fsp3) is 0.214. The van der Waals surface area contributed by atoms with Gasteiger partial charge in [-0.1, -0.05) is 28.7 Å². The van der Waals surface area contributed by atoms with E-state index in [0.717, 1.165) is 0 Å². The molecule has 108 valence electrons. The molecule has 2 aromatic rings. The van der Waals surface area contributed by atoms with E-state index in [-0.39, 0.29) is 19.1 Å². The monoisotopic (exact) mass is 304 g/mol. The first-order valence-electron chi connectivity index (χ1n) is 6.22. The highest BCUT2D eigenvalue weighted by molar-refractivity contribution is 6.33. The molecular formula is C14H13ClN4O2. The number of aromatic nitrogens is 3. The summed E-state index contributed by atoms with van der Waals surface area (Å²) in [5.74, 6) is 5.43. The number of carbonyl (C=O) groups excluding carboxylic acids is 1. The summed E-state index contributed by atoms with van der Waals surface area (Å²) in [7, 11) is 0. The maximum atomic E-state index is 11.9. The van der Waals surface area contributed by atoms with Gasteiger partial charge in [-0.05, 0) is 18.2 Å². The van der Waals surface area contributed by atoms with E-state index in [1.54, 1.807) is 24.4 Å². The van der Waals surface area contributed by atoms with Gasteiger partial charge in [0.2, 0.25) is 5.91 Å². The lowest BCUT2D eigenvalue weighted by atomic mass is 10.2. The molecule has 0 aliphatic rings. The summed E-state index contributed by atoms with van der Waals surface area (Å²) in [6.45, 7) is 0.0683. The molecule has 1 aromatic carbocycles. The van der Waals surface area contributed by atoms with E-state index < -0.39 is 0 Å². The zero-order valence-electron chi connectivity index (χ0n) is 11.1. The molecule has 0 saturated carbocycles. The Morgan fingerprint density at radius 1 is 1.48 bits per heavy atom. The minimum Gasteiger partial charge on any atom is -0.395 e. The van der Waals surface area contributed by atoms with Crippen molar-refractivity contribution in [1.82, 2.24) is 15.0 Å². The summed E-state index contributed by atoms with van der Waals surface area (Å²) >= 11 is 6.05. The van der Waals surface area contributed by atoms with Gasteiger partial charge in [-0.15, -0.1) is 5.10 Å². The molecule has 0 spiro atoms. The average molecular weight is 305 g/mol. The van der Waals surface area contributed by atoms with Gasteiger partial charge in [0.15, 0.2) is 0 Å². The smallest absolute Gasteiger partial charge is 0.246 e. The van der Waals surface area contributed by atoms with Gasteiger partial charge in [-0.2, -0.15) is 0 Å². The van der Waals surface area contributed by atoms with Crippen molar-refractivity contribution in [3.8, 4) is 11.8 Å². The predicted octanol–water partition coefficient (Wildman–Crippen LogP) is 1.30. The molecule has 1 amide bonds. The zero-order chi connectivity index (χ0) is 15.1. The lowest BCUT2D eigenvalue weighted by Gasteiger charge is -2.07. The first-order valence-corrected chi connectivity index (χ1v) is 6.60. The number of carbonyl (C=O) groups is 1. The van der Waals surface area contributed by atoms with Crippen LogP contribution in [0.1, 0.15) is 12.0 Å². The Balaban J connectivity index is 2.06. The highest BCUT2D eigenvalue weighted by atomic mass is 35.5. The van der Waals surface area contributed by atoms with Gasteiger partial charge >= 0.3 is 0 Å². The van der Waals surface area contributed by atoms with Crippen LogP contribution in [-0.2, 0) is 11.3 Å². The summed E-state index contributed by atoms with van der Waals surface area (Å²) in [5, 5.41) is 19.2. The van der Waals surface area contributed by atoms with Gasteiger partial charge in [-0.25, -0.2) is 4.68 Å². The fourth-order valence-electron chi connectivity index (χ4n) is 1.57. The van der Waals surface area contributed by atoms with Crippen LogP contribution in [0.25, 0.3) is 0 Å². The maximum Gasteiger partial charge on any atom is 0.246 e. The Morgan fingerprint density at radius 3 is 3.05 bits per heavy atom. The number of anilines is 1. The molecule has 21 heavy (non-hydrogen) atoms. The molecule has 0 aliphatic heterocycles. The molecule has 0 bridgehead atoms. The van der Waals surface area contributed by atoms with Crippen molar-refractivity contribution in [2.45, 2.75) is 13.0 Å². The van der Waals surface area contributed by atoms with E-state index in [2.05, 4.69) is 27.5 Å². The summed E-state index contributed by atoms with van der Waals surface area (Å²) in [5.41, 5.74) is 1.20. The Hall–Kier alpha value is -2.36. The molecule has 0 radical (unpaired) electrons. The number of aliphatic hydroxyl groups excluding tert-OH is 1. The Bertz CT molecular complexity index is 674. The van der Waals surface area contributed by atoms with Crippen LogP contribution in [0, 0.1) is 11.8 Å². The Labute approximate surface area is 126 Å². The third kappa shape index (κ3) is 4.60. The molecular weight excluding hydrogens is 292 g/mol. The number of hydrogen-bond donors (Lipinski definition) is 2. The van der Waals surface area contributed by atoms with Crippen molar-refractivity contribution in [2.24, 2.45) is 0 Å². The second kappa shape index (κ2) is 7.43. The Morgan fingerprint density at radius 2 is 2.33 bits per heavy atom. The maximum absolute atomic E-state index is 11.9. The molecule has 6 nitrogen and oxygen atoms in total. The summed E-state index contributed by atoms with van der Waals surface area (Å²) in [4.78, 5) is 11.9. The normalized spacial score (nSPS) is 9.81. The number of amides is 1. The average Bonchev–Trinajstić information content (AvgIpc) is 2.95. The number of halogens is 1. The topological polar surface area (TPSA) is 80.0 Å². The number of nitrogens with one attached hydrogen (secondary N) is 1. The van der Waals surface area contributed by atoms with Crippen molar-refractivity contribution in [3.63, 3.8) is 0 Å². The highest BCUT2D eigenvalue weighted by Crippen LogP contribution is 2.22. The van der Waals surface area contributed by atoms with Gasteiger partial charge in [0.25, 0.3) is 0 Å². The van der Waals surface area contributed by atoms with Gasteiger partial charge in [0.05, 0.1) is 23.5 Å². The molecule has 0 atom stereocenters. The molecule has 0 saturated heterocycles. The van der Waals surface area contributed by atoms with Crippen molar-refractivity contribution in [1.29, 1.82) is 0 Å². The van der Waals surface area contributed by atoms with Crippen molar-refractivity contribution in [2.75, 3.05) is 11.9 Å². The summed E-state index contributed by atoms with van der Waals surface area (Å²) in [6, 6.07) is 5.10. The lowest BCUT2D eigenvalue weighted by molar-refractivity contribution is -0.116. The zero-order valence-corrected chi connectivity index (χ0v) is 11.8. The summed E-state index contributed by atoms with van der Waals surface area (Å²) in [6.07, 6.45) is 3.49. The van der Waals surface area contributed by atoms with Crippen LogP contribution in [0.2, 0.25) is 5.02 Å². The van der Waals surface area contributed by atoms with Crippen LogP contribution < -0.4 is 5.32 Å². The SMILES string of the molecule is O=C(Cn1ccnn1)Nc1cc(C#CCCO)ccc1Cl. The predicted molar refractivity (Wildman–Crippen MR) is 78.7 cm³/mol. The van der Waals surface area contributed by atoms with Gasteiger partial charge in [0, 0.05) is 18.2 Å². The fourth-order valence-corrected chi connectivity index (χ4v) is 1.74. The minimum atomic E-state index is -0.261. The van der Waals surface area contributed by atoms with Crippen LogP contribution in [0.3, 0.4) is 0 Å². The second-order valence-electron chi connectivity index (χ2n) is 4.12. The number of hydrogen-bond acceptors (Lipinski definition) is 4. The van der Waals surface area contributed by atoms with E-state index in [9.17, 15) is 4.79 Å². The number of rotatable bonds is 4. The van der Waals surface area contributed by atoms with E-state index in [4.69, 9.17) is 16.7 Å². The number of aliphatic hydroxyl groups is 1. The quantitative estimate of drug-likeness (QED) is 0.835.